The van der Waals surface area contributed by atoms with Crippen LogP contribution in [0.3, 0.4) is 0 Å². The average molecular weight is 406 g/mol. The van der Waals surface area contributed by atoms with Crippen molar-refractivity contribution < 1.29 is 4.52 Å². The van der Waals surface area contributed by atoms with Crippen LogP contribution in [0, 0.1) is 6.92 Å². The van der Waals surface area contributed by atoms with E-state index in [1.54, 1.807) is 4.57 Å². The fraction of sp³-hybridized carbons (Fsp3) is 0.261. The maximum absolute atomic E-state index is 13.3. The predicted molar refractivity (Wildman–Crippen MR) is 117 cm³/mol. The molecule has 0 N–H and O–H groups in total. The first-order valence-electron chi connectivity index (χ1n) is 9.74. The van der Waals surface area contributed by atoms with Crippen LogP contribution in [-0.4, -0.2) is 14.7 Å². The quantitative estimate of drug-likeness (QED) is 0.314. The molecule has 0 aliphatic rings. The zero-order valence-corrected chi connectivity index (χ0v) is 17.6. The normalized spacial score (nSPS) is 12.4. The van der Waals surface area contributed by atoms with Crippen molar-refractivity contribution >= 4 is 22.7 Å². The monoisotopic (exact) mass is 405 g/mol. The van der Waals surface area contributed by atoms with Gasteiger partial charge in [-0.3, -0.25) is 9.36 Å². The van der Waals surface area contributed by atoms with E-state index in [0.717, 1.165) is 23.6 Å². The first-order chi connectivity index (χ1) is 14.1. The number of aromatic nitrogens is 3. The largest absolute Gasteiger partial charge is 0.361 e. The highest BCUT2D eigenvalue weighted by Gasteiger charge is 2.15. The van der Waals surface area contributed by atoms with Crippen LogP contribution in [0.4, 0.5) is 0 Å². The summed E-state index contributed by atoms with van der Waals surface area (Å²) in [6, 6.07) is 17.6. The maximum atomic E-state index is 13.3. The van der Waals surface area contributed by atoms with Crippen molar-refractivity contribution in [3.05, 3.63) is 82.0 Å². The summed E-state index contributed by atoms with van der Waals surface area (Å²) in [7, 11) is 0. The standard InChI is InChI=1S/C23H23N3O2S/c1-4-15(2)17-9-11-19(12-10-17)26-22(27)20-7-5-6-8-21(20)24-23(26)29-14-18-13-16(3)28-25-18/h5-13,15H,4,14H2,1-3H3/t15-/m1/s1. The van der Waals surface area contributed by atoms with Gasteiger partial charge in [-0.15, -0.1) is 0 Å². The molecule has 0 unspecified atom stereocenters. The van der Waals surface area contributed by atoms with E-state index in [-0.39, 0.29) is 5.56 Å². The highest BCUT2D eigenvalue weighted by Crippen LogP contribution is 2.26. The SMILES string of the molecule is CC[C@@H](C)c1ccc(-n2c(SCc3cc(C)on3)nc3ccccc3c2=O)cc1. The lowest BCUT2D eigenvalue weighted by atomic mass is 9.98. The molecule has 0 fully saturated rings. The Balaban J connectivity index is 1.79. The van der Waals surface area contributed by atoms with Crippen molar-refractivity contribution in [2.24, 2.45) is 0 Å². The summed E-state index contributed by atoms with van der Waals surface area (Å²) in [6.07, 6.45) is 1.08. The number of fused-ring (bicyclic) bond motifs is 1. The molecule has 0 bridgehead atoms. The Labute approximate surface area is 173 Å². The van der Waals surface area contributed by atoms with E-state index in [1.165, 1.54) is 17.3 Å². The Bertz CT molecular complexity index is 1190. The Morgan fingerprint density at radius 3 is 2.59 bits per heavy atom. The van der Waals surface area contributed by atoms with Gasteiger partial charge < -0.3 is 4.52 Å². The summed E-state index contributed by atoms with van der Waals surface area (Å²) in [5.41, 5.74) is 3.55. The lowest BCUT2D eigenvalue weighted by molar-refractivity contribution is 0.393. The smallest absolute Gasteiger partial charge is 0.266 e. The summed E-state index contributed by atoms with van der Waals surface area (Å²) in [5, 5.41) is 5.30. The molecule has 4 rings (SSSR count). The highest BCUT2D eigenvalue weighted by molar-refractivity contribution is 7.98. The van der Waals surface area contributed by atoms with E-state index in [0.29, 0.717) is 27.7 Å². The van der Waals surface area contributed by atoms with Gasteiger partial charge in [0.05, 0.1) is 22.3 Å². The van der Waals surface area contributed by atoms with Gasteiger partial charge in [0.2, 0.25) is 0 Å². The average Bonchev–Trinajstić information content (AvgIpc) is 3.17. The fourth-order valence-electron chi connectivity index (χ4n) is 3.25. The van der Waals surface area contributed by atoms with Gasteiger partial charge in [0.1, 0.15) is 5.76 Å². The predicted octanol–water partition coefficient (Wildman–Crippen LogP) is 5.49. The molecule has 6 heteroatoms. The van der Waals surface area contributed by atoms with E-state index in [1.807, 2.05) is 49.4 Å². The zero-order valence-electron chi connectivity index (χ0n) is 16.8. The lowest BCUT2D eigenvalue weighted by Gasteiger charge is -2.14. The molecule has 29 heavy (non-hydrogen) atoms. The van der Waals surface area contributed by atoms with Crippen molar-refractivity contribution in [3.63, 3.8) is 0 Å². The second-order valence-electron chi connectivity index (χ2n) is 7.17. The summed E-state index contributed by atoms with van der Waals surface area (Å²) < 4.78 is 6.85. The maximum Gasteiger partial charge on any atom is 0.266 e. The molecule has 0 radical (unpaired) electrons. The number of thioether (sulfide) groups is 1. The van der Waals surface area contributed by atoms with E-state index in [9.17, 15) is 4.79 Å². The topological polar surface area (TPSA) is 60.9 Å². The van der Waals surface area contributed by atoms with Gasteiger partial charge in [-0.25, -0.2) is 4.98 Å². The van der Waals surface area contributed by atoms with Crippen molar-refractivity contribution in [3.8, 4) is 5.69 Å². The minimum absolute atomic E-state index is 0.0641. The summed E-state index contributed by atoms with van der Waals surface area (Å²) in [5.74, 6) is 1.83. The Hall–Kier alpha value is -2.86. The Morgan fingerprint density at radius 2 is 1.90 bits per heavy atom. The fourth-order valence-corrected chi connectivity index (χ4v) is 4.14. The number of rotatable bonds is 6. The molecule has 148 valence electrons. The van der Waals surface area contributed by atoms with Gasteiger partial charge in [-0.05, 0) is 49.1 Å². The van der Waals surface area contributed by atoms with Crippen LogP contribution in [-0.2, 0) is 5.75 Å². The summed E-state index contributed by atoms with van der Waals surface area (Å²) in [4.78, 5) is 18.1. The van der Waals surface area contributed by atoms with Crippen LogP contribution in [0.5, 0.6) is 0 Å². The van der Waals surface area contributed by atoms with Gasteiger partial charge >= 0.3 is 0 Å². The van der Waals surface area contributed by atoms with Crippen molar-refractivity contribution in [1.29, 1.82) is 0 Å². The summed E-state index contributed by atoms with van der Waals surface area (Å²) in [6.45, 7) is 6.25. The first kappa shape index (κ1) is 19.5. The van der Waals surface area contributed by atoms with Crippen LogP contribution in [0.15, 0.2) is 69.1 Å². The second-order valence-corrected chi connectivity index (χ2v) is 8.11. The minimum atomic E-state index is -0.0641. The third-order valence-corrected chi connectivity index (χ3v) is 6.08. The van der Waals surface area contributed by atoms with Crippen LogP contribution in [0.25, 0.3) is 16.6 Å². The van der Waals surface area contributed by atoms with Gasteiger partial charge in [0.25, 0.3) is 5.56 Å². The van der Waals surface area contributed by atoms with E-state index in [4.69, 9.17) is 9.51 Å². The third kappa shape index (κ3) is 3.98. The molecule has 0 aliphatic heterocycles. The van der Waals surface area contributed by atoms with Crippen LogP contribution >= 0.6 is 11.8 Å². The molecule has 0 aliphatic carbocycles. The molecule has 0 saturated heterocycles. The van der Waals surface area contributed by atoms with Crippen LogP contribution in [0.1, 0.15) is 43.2 Å². The molecule has 1 atom stereocenters. The molecule has 2 heterocycles. The molecular formula is C23H23N3O2S. The van der Waals surface area contributed by atoms with E-state index >= 15 is 0 Å². The van der Waals surface area contributed by atoms with Crippen LogP contribution in [0.2, 0.25) is 0 Å². The Kier molecular flexibility index (Phi) is 5.53. The molecule has 0 amide bonds. The first-order valence-corrected chi connectivity index (χ1v) is 10.7. The number of aryl methyl sites for hydroxylation is 1. The number of hydrogen-bond acceptors (Lipinski definition) is 5. The minimum Gasteiger partial charge on any atom is -0.361 e. The number of benzene rings is 2. The second kappa shape index (κ2) is 8.25. The number of nitrogens with zero attached hydrogens (tertiary/aromatic N) is 3. The molecule has 0 spiro atoms. The molecule has 4 aromatic rings. The van der Waals surface area contributed by atoms with Crippen molar-refractivity contribution in [2.75, 3.05) is 0 Å². The molecule has 0 saturated carbocycles. The lowest BCUT2D eigenvalue weighted by Crippen LogP contribution is -2.21. The zero-order chi connectivity index (χ0) is 20.4. The van der Waals surface area contributed by atoms with E-state index in [2.05, 4.69) is 31.1 Å². The molecule has 2 aromatic carbocycles. The highest BCUT2D eigenvalue weighted by atomic mass is 32.2. The molecule has 2 aromatic heterocycles. The molecule has 5 nitrogen and oxygen atoms in total. The van der Waals surface area contributed by atoms with Gasteiger partial charge in [-0.2, -0.15) is 0 Å². The van der Waals surface area contributed by atoms with Crippen LogP contribution < -0.4 is 5.56 Å². The van der Waals surface area contributed by atoms with Gasteiger partial charge in [0, 0.05) is 11.8 Å². The number of hydrogen-bond donors (Lipinski definition) is 0. The molecular weight excluding hydrogens is 382 g/mol. The van der Waals surface area contributed by atoms with E-state index < -0.39 is 0 Å². The van der Waals surface area contributed by atoms with Gasteiger partial charge in [-0.1, -0.05) is 55.0 Å². The van der Waals surface area contributed by atoms with Crippen molar-refractivity contribution in [2.45, 2.75) is 44.0 Å². The summed E-state index contributed by atoms with van der Waals surface area (Å²) >= 11 is 1.48. The third-order valence-electron chi connectivity index (χ3n) is 5.10. The van der Waals surface area contributed by atoms with Crippen molar-refractivity contribution in [1.82, 2.24) is 14.7 Å². The van der Waals surface area contributed by atoms with Gasteiger partial charge in [0.15, 0.2) is 5.16 Å². The number of para-hydroxylation sites is 1. The Morgan fingerprint density at radius 1 is 1.14 bits per heavy atom.